The zero-order valence-corrected chi connectivity index (χ0v) is 12.7. The molecule has 0 fully saturated rings. The normalized spacial score (nSPS) is 12.0. The zero-order valence-electron chi connectivity index (χ0n) is 11.8. The number of amides is 1. The second kappa shape index (κ2) is 5.70. The number of ether oxygens (including phenoxy) is 1. The predicted octanol–water partition coefficient (Wildman–Crippen LogP) is -0.402. The van der Waals surface area contributed by atoms with Crippen LogP contribution in [0.3, 0.4) is 0 Å². The lowest BCUT2D eigenvalue weighted by atomic mass is 10.1. The molecule has 0 saturated heterocycles. The van der Waals surface area contributed by atoms with E-state index in [1.165, 1.54) is 26.0 Å². The summed E-state index contributed by atoms with van der Waals surface area (Å²) in [5.41, 5.74) is 9.11. The van der Waals surface area contributed by atoms with Crippen molar-refractivity contribution in [3.8, 4) is 0 Å². The lowest BCUT2D eigenvalue weighted by Crippen LogP contribution is -2.53. The molecule has 5 N–H and O–H groups in total. The lowest BCUT2D eigenvalue weighted by Gasteiger charge is -2.22. The number of hydrogen-bond donors (Lipinski definition) is 3. The summed E-state index contributed by atoms with van der Waals surface area (Å²) in [6.45, 7) is 2.62. The number of methoxy groups -OCH3 is 1. The van der Waals surface area contributed by atoms with Gasteiger partial charge in [-0.15, -0.1) is 0 Å². The summed E-state index contributed by atoms with van der Waals surface area (Å²) in [6, 6.07) is 3.65. The molecule has 0 heterocycles. The van der Waals surface area contributed by atoms with E-state index in [0.29, 0.717) is 0 Å². The van der Waals surface area contributed by atoms with Gasteiger partial charge in [0.05, 0.1) is 17.6 Å². The number of nitrogens with one attached hydrogen (secondary N) is 1. The van der Waals surface area contributed by atoms with Crippen LogP contribution in [0.2, 0.25) is 0 Å². The Morgan fingerprint density at radius 1 is 1.29 bits per heavy atom. The van der Waals surface area contributed by atoms with E-state index in [-0.39, 0.29) is 16.1 Å². The van der Waals surface area contributed by atoms with Crippen molar-refractivity contribution in [1.29, 1.82) is 0 Å². The van der Waals surface area contributed by atoms with Crippen molar-refractivity contribution < 1.29 is 22.7 Å². The first-order valence-corrected chi connectivity index (χ1v) is 7.31. The van der Waals surface area contributed by atoms with Gasteiger partial charge in [-0.25, -0.2) is 13.2 Å². The average Bonchev–Trinajstić information content (AvgIpc) is 2.35. The third-order valence-corrected chi connectivity index (χ3v) is 4.42. The number of rotatable bonds is 5. The minimum Gasteiger partial charge on any atom is -0.465 e. The summed E-state index contributed by atoms with van der Waals surface area (Å²) in [5, 5.41) is 0. The van der Waals surface area contributed by atoms with Crippen LogP contribution in [0.5, 0.6) is 0 Å². The Balaban J connectivity index is 3.39. The van der Waals surface area contributed by atoms with Crippen LogP contribution in [0, 0.1) is 0 Å². The van der Waals surface area contributed by atoms with Crippen LogP contribution >= 0.6 is 0 Å². The van der Waals surface area contributed by atoms with E-state index >= 15 is 0 Å². The fraction of sp³-hybridized carbons (Fsp3) is 0.333. The van der Waals surface area contributed by atoms with Gasteiger partial charge in [0, 0.05) is 5.69 Å². The third-order valence-electron chi connectivity index (χ3n) is 2.70. The van der Waals surface area contributed by atoms with Crippen molar-refractivity contribution in [2.24, 2.45) is 5.73 Å². The number of nitrogens with two attached hydrogens (primary N) is 2. The zero-order chi connectivity index (χ0) is 16.4. The number of carbonyl (C=O) groups is 2. The molecule has 0 bridgehead atoms. The SMILES string of the molecule is COC(=O)c1cc(N)ccc1S(=O)(=O)NC(C)(C)C(N)=O. The Hall–Kier alpha value is -2.13. The molecular formula is C12H17N3O5S. The molecule has 0 saturated carbocycles. The first-order chi connectivity index (χ1) is 9.51. The highest BCUT2D eigenvalue weighted by Crippen LogP contribution is 2.21. The van der Waals surface area contributed by atoms with Crippen LogP contribution < -0.4 is 16.2 Å². The lowest BCUT2D eigenvalue weighted by molar-refractivity contribution is -0.122. The van der Waals surface area contributed by atoms with Gasteiger partial charge in [-0.2, -0.15) is 4.72 Å². The Morgan fingerprint density at radius 3 is 2.33 bits per heavy atom. The van der Waals surface area contributed by atoms with Crippen molar-refractivity contribution >= 4 is 27.6 Å². The number of sulfonamides is 1. The molecule has 0 atom stereocenters. The van der Waals surface area contributed by atoms with Gasteiger partial charge >= 0.3 is 5.97 Å². The minimum absolute atomic E-state index is 0.198. The highest BCUT2D eigenvalue weighted by molar-refractivity contribution is 7.89. The number of esters is 1. The molecule has 0 aliphatic heterocycles. The molecule has 8 nitrogen and oxygen atoms in total. The largest absolute Gasteiger partial charge is 0.465 e. The fourth-order valence-corrected chi connectivity index (χ4v) is 3.05. The van der Waals surface area contributed by atoms with Crippen molar-refractivity contribution in [2.75, 3.05) is 12.8 Å². The maximum absolute atomic E-state index is 12.3. The Kier molecular flexibility index (Phi) is 4.59. The number of carbonyl (C=O) groups excluding carboxylic acids is 2. The Bertz CT molecular complexity index is 682. The quantitative estimate of drug-likeness (QED) is 0.498. The van der Waals surface area contributed by atoms with Crippen LogP contribution in [0.15, 0.2) is 23.1 Å². The van der Waals surface area contributed by atoms with Gasteiger partial charge in [0.2, 0.25) is 15.9 Å². The first kappa shape index (κ1) is 16.9. The third kappa shape index (κ3) is 3.70. The summed E-state index contributed by atoms with van der Waals surface area (Å²) in [4.78, 5) is 22.6. The molecule has 1 rings (SSSR count). The monoisotopic (exact) mass is 315 g/mol. The predicted molar refractivity (Wildman–Crippen MR) is 75.8 cm³/mol. The van der Waals surface area contributed by atoms with Gasteiger partial charge in [-0.1, -0.05) is 0 Å². The molecule has 0 radical (unpaired) electrons. The molecule has 0 aromatic heterocycles. The summed E-state index contributed by atoms with van der Waals surface area (Å²) < 4.78 is 31.3. The molecule has 9 heteroatoms. The van der Waals surface area contributed by atoms with Crippen molar-refractivity contribution in [1.82, 2.24) is 4.72 Å². The summed E-state index contributed by atoms with van der Waals surface area (Å²) >= 11 is 0. The van der Waals surface area contributed by atoms with Gasteiger partial charge in [0.25, 0.3) is 0 Å². The van der Waals surface area contributed by atoms with Crippen molar-refractivity contribution in [3.05, 3.63) is 23.8 Å². The standard InChI is InChI=1S/C12H17N3O5S/c1-12(2,11(14)17)15-21(18,19)9-5-4-7(13)6-8(9)10(16)20-3/h4-6,15H,13H2,1-3H3,(H2,14,17). The van der Waals surface area contributed by atoms with Crippen LogP contribution in [0.4, 0.5) is 5.69 Å². The van der Waals surface area contributed by atoms with Crippen molar-refractivity contribution in [3.63, 3.8) is 0 Å². The molecule has 1 amide bonds. The van der Waals surface area contributed by atoms with Crippen LogP contribution in [-0.2, 0) is 19.6 Å². The molecular weight excluding hydrogens is 298 g/mol. The number of hydrogen-bond acceptors (Lipinski definition) is 6. The topological polar surface area (TPSA) is 142 Å². The maximum atomic E-state index is 12.3. The van der Waals surface area contributed by atoms with E-state index in [0.717, 1.165) is 13.2 Å². The fourth-order valence-electron chi connectivity index (χ4n) is 1.49. The summed E-state index contributed by atoms with van der Waals surface area (Å²) in [7, 11) is -3.06. The molecule has 1 aromatic rings. The number of anilines is 1. The smallest absolute Gasteiger partial charge is 0.339 e. The van der Waals surface area contributed by atoms with Gasteiger partial charge in [0.15, 0.2) is 0 Å². The van der Waals surface area contributed by atoms with E-state index in [1.807, 2.05) is 0 Å². The average molecular weight is 315 g/mol. The van der Waals surface area contributed by atoms with Gasteiger partial charge in [-0.3, -0.25) is 4.79 Å². The van der Waals surface area contributed by atoms with Gasteiger partial charge in [-0.05, 0) is 32.0 Å². The Labute approximate surface area is 122 Å². The van der Waals surface area contributed by atoms with Crippen LogP contribution in [-0.4, -0.2) is 32.9 Å². The molecule has 0 spiro atoms. The second-order valence-electron chi connectivity index (χ2n) is 4.84. The van der Waals surface area contributed by atoms with E-state index in [9.17, 15) is 18.0 Å². The molecule has 1 aromatic carbocycles. The van der Waals surface area contributed by atoms with E-state index < -0.39 is 27.4 Å². The van der Waals surface area contributed by atoms with Crippen LogP contribution in [0.1, 0.15) is 24.2 Å². The minimum atomic E-state index is -4.17. The van der Waals surface area contributed by atoms with Gasteiger partial charge < -0.3 is 16.2 Å². The Morgan fingerprint density at radius 2 is 1.86 bits per heavy atom. The van der Waals surface area contributed by atoms with Crippen molar-refractivity contribution in [2.45, 2.75) is 24.3 Å². The summed E-state index contributed by atoms with van der Waals surface area (Å²) in [5.74, 6) is -1.72. The maximum Gasteiger partial charge on any atom is 0.339 e. The van der Waals surface area contributed by atoms with Crippen LogP contribution in [0.25, 0.3) is 0 Å². The summed E-state index contributed by atoms with van der Waals surface area (Å²) in [6.07, 6.45) is 0. The highest BCUT2D eigenvalue weighted by Gasteiger charge is 2.33. The number of nitrogen functional groups attached to an aromatic ring is 1. The molecule has 0 unspecified atom stereocenters. The highest BCUT2D eigenvalue weighted by atomic mass is 32.2. The van der Waals surface area contributed by atoms with E-state index in [1.54, 1.807) is 0 Å². The second-order valence-corrected chi connectivity index (χ2v) is 6.49. The van der Waals surface area contributed by atoms with Gasteiger partial charge in [0.1, 0.15) is 5.54 Å². The number of primary amides is 1. The first-order valence-electron chi connectivity index (χ1n) is 5.83. The van der Waals surface area contributed by atoms with E-state index in [4.69, 9.17) is 11.5 Å². The molecule has 0 aliphatic rings. The molecule has 21 heavy (non-hydrogen) atoms. The molecule has 116 valence electrons. The molecule has 0 aliphatic carbocycles. The van der Waals surface area contributed by atoms with E-state index in [2.05, 4.69) is 9.46 Å². The number of benzene rings is 1.